The van der Waals surface area contributed by atoms with E-state index in [9.17, 15) is 4.39 Å². The molecule has 1 heterocycles. The first-order valence-corrected chi connectivity index (χ1v) is 6.94. The molecule has 0 spiro atoms. The summed E-state index contributed by atoms with van der Waals surface area (Å²) in [4.78, 5) is 0. The molecule has 2 aliphatic rings. The summed E-state index contributed by atoms with van der Waals surface area (Å²) in [6.45, 7) is 1.48. The van der Waals surface area contributed by atoms with Gasteiger partial charge in [0.15, 0.2) is 0 Å². The summed E-state index contributed by atoms with van der Waals surface area (Å²) in [7, 11) is 0. The highest BCUT2D eigenvalue weighted by atomic mass is 19.1. The highest BCUT2D eigenvalue weighted by Crippen LogP contribution is 2.30. The molecule has 1 aliphatic carbocycles. The Morgan fingerprint density at radius 3 is 2.89 bits per heavy atom. The van der Waals surface area contributed by atoms with Crippen molar-refractivity contribution in [1.29, 1.82) is 0 Å². The van der Waals surface area contributed by atoms with Crippen LogP contribution in [0.5, 0.6) is 0 Å². The van der Waals surface area contributed by atoms with Gasteiger partial charge in [-0.3, -0.25) is 0 Å². The number of benzene rings is 1. The zero-order valence-corrected chi connectivity index (χ0v) is 10.6. The lowest BCUT2D eigenvalue weighted by Crippen LogP contribution is -2.38. The van der Waals surface area contributed by atoms with Crippen molar-refractivity contribution in [1.82, 2.24) is 5.32 Å². The minimum absolute atomic E-state index is 0.142. The van der Waals surface area contributed by atoms with Crippen LogP contribution in [-0.2, 0) is 4.74 Å². The summed E-state index contributed by atoms with van der Waals surface area (Å²) in [5, 5.41) is 3.57. The maximum Gasteiger partial charge on any atom is 0.129 e. The molecule has 18 heavy (non-hydrogen) atoms. The fraction of sp³-hybridized carbons (Fsp3) is 0.600. The molecule has 3 rings (SSSR count). The maximum absolute atomic E-state index is 13.8. The Labute approximate surface area is 108 Å². The minimum Gasteiger partial charge on any atom is -0.372 e. The number of ether oxygens (including phenoxy) is 1. The first-order chi connectivity index (χ1) is 8.84. The van der Waals surface area contributed by atoms with Crippen LogP contribution in [0.15, 0.2) is 24.3 Å². The van der Waals surface area contributed by atoms with E-state index in [-0.39, 0.29) is 11.9 Å². The Bertz CT molecular complexity index is 393. The second kappa shape index (κ2) is 5.37. The van der Waals surface area contributed by atoms with Gasteiger partial charge in [0, 0.05) is 18.2 Å². The van der Waals surface area contributed by atoms with Gasteiger partial charge in [-0.1, -0.05) is 31.0 Å². The van der Waals surface area contributed by atoms with Crippen LogP contribution >= 0.6 is 0 Å². The Morgan fingerprint density at radius 2 is 2.00 bits per heavy atom. The molecule has 3 heteroatoms. The molecular formula is C15H20FNO. The number of fused-ring (bicyclic) bond motifs is 1. The molecule has 1 saturated carbocycles. The standard InChI is InChI=1S/C15H20FNO/c16-13-7-3-2-6-12(13)15-9-17-14-8-4-1-5-11(14)10-18-15/h2-3,6-7,11,14-15,17H,1,4-5,8-10H2. The largest absolute Gasteiger partial charge is 0.372 e. The molecule has 3 atom stereocenters. The molecule has 2 nitrogen and oxygen atoms in total. The van der Waals surface area contributed by atoms with Crippen LogP contribution in [0.1, 0.15) is 37.4 Å². The summed E-state index contributed by atoms with van der Waals surface area (Å²) in [6, 6.07) is 7.51. The third kappa shape index (κ3) is 2.43. The van der Waals surface area contributed by atoms with Crippen LogP contribution in [0.25, 0.3) is 0 Å². The normalized spacial score (nSPS) is 32.6. The molecule has 2 fully saturated rings. The van der Waals surface area contributed by atoms with E-state index >= 15 is 0 Å². The van der Waals surface area contributed by atoms with Crippen LogP contribution < -0.4 is 5.32 Å². The van der Waals surface area contributed by atoms with E-state index in [1.165, 1.54) is 31.7 Å². The lowest BCUT2D eigenvalue weighted by Gasteiger charge is -2.29. The van der Waals surface area contributed by atoms with Gasteiger partial charge in [-0.25, -0.2) is 4.39 Å². The Hall–Kier alpha value is -0.930. The molecule has 1 N–H and O–H groups in total. The average Bonchev–Trinajstić information content (AvgIpc) is 2.62. The predicted octanol–water partition coefficient (Wildman–Crippen LogP) is 3.05. The van der Waals surface area contributed by atoms with Crippen molar-refractivity contribution in [2.24, 2.45) is 5.92 Å². The van der Waals surface area contributed by atoms with Crippen molar-refractivity contribution in [2.75, 3.05) is 13.2 Å². The van der Waals surface area contributed by atoms with E-state index in [4.69, 9.17) is 4.74 Å². The summed E-state index contributed by atoms with van der Waals surface area (Å²) in [5.74, 6) is 0.449. The van der Waals surface area contributed by atoms with Gasteiger partial charge < -0.3 is 10.1 Å². The molecule has 3 unspecified atom stereocenters. The number of hydrogen-bond acceptors (Lipinski definition) is 2. The first-order valence-electron chi connectivity index (χ1n) is 6.94. The van der Waals surface area contributed by atoms with Gasteiger partial charge >= 0.3 is 0 Å². The van der Waals surface area contributed by atoms with Gasteiger partial charge in [-0.2, -0.15) is 0 Å². The van der Waals surface area contributed by atoms with E-state index in [0.717, 1.165) is 13.2 Å². The lowest BCUT2D eigenvalue weighted by atomic mass is 9.85. The van der Waals surface area contributed by atoms with Gasteiger partial charge in [0.1, 0.15) is 5.82 Å². The summed E-state index contributed by atoms with van der Waals surface area (Å²) < 4.78 is 19.7. The van der Waals surface area contributed by atoms with Crippen molar-refractivity contribution >= 4 is 0 Å². The van der Waals surface area contributed by atoms with Crippen LogP contribution in [0.2, 0.25) is 0 Å². The molecule has 0 amide bonds. The quantitative estimate of drug-likeness (QED) is 0.826. The van der Waals surface area contributed by atoms with Crippen molar-refractivity contribution in [2.45, 2.75) is 37.8 Å². The molecule has 1 saturated heterocycles. The molecule has 1 aliphatic heterocycles. The van der Waals surface area contributed by atoms with Gasteiger partial charge in [-0.05, 0) is 24.8 Å². The second-order valence-electron chi connectivity index (χ2n) is 5.40. The summed E-state index contributed by atoms with van der Waals surface area (Å²) >= 11 is 0. The van der Waals surface area contributed by atoms with E-state index in [1.54, 1.807) is 6.07 Å². The van der Waals surface area contributed by atoms with E-state index in [2.05, 4.69) is 5.32 Å². The van der Waals surface area contributed by atoms with E-state index in [0.29, 0.717) is 17.5 Å². The highest BCUT2D eigenvalue weighted by Gasteiger charge is 2.30. The molecule has 0 aromatic heterocycles. The molecule has 98 valence electrons. The maximum atomic E-state index is 13.8. The van der Waals surface area contributed by atoms with Crippen LogP contribution in [0.4, 0.5) is 4.39 Å². The number of rotatable bonds is 1. The topological polar surface area (TPSA) is 21.3 Å². The van der Waals surface area contributed by atoms with Gasteiger partial charge in [-0.15, -0.1) is 0 Å². The van der Waals surface area contributed by atoms with Crippen molar-refractivity contribution in [3.63, 3.8) is 0 Å². The van der Waals surface area contributed by atoms with Crippen molar-refractivity contribution in [3.05, 3.63) is 35.6 Å². The zero-order valence-electron chi connectivity index (χ0n) is 10.6. The summed E-state index contributed by atoms with van der Waals surface area (Å²) in [6.07, 6.45) is 4.94. The Morgan fingerprint density at radius 1 is 1.17 bits per heavy atom. The lowest BCUT2D eigenvalue weighted by molar-refractivity contribution is 0.0382. The predicted molar refractivity (Wildman–Crippen MR) is 68.8 cm³/mol. The molecule has 1 aromatic rings. The molecule has 1 aromatic carbocycles. The van der Waals surface area contributed by atoms with Crippen molar-refractivity contribution in [3.8, 4) is 0 Å². The molecular weight excluding hydrogens is 229 g/mol. The van der Waals surface area contributed by atoms with Crippen LogP contribution in [0, 0.1) is 11.7 Å². The Kier molecular flexibility index (Phi) is 3.62. The highest BCUT2D eigenvalue weighted by molar-refractivity contribution is 5.20. The van der Waals surface area contributed by atoms with Crippen molar-refractivity contribution < 1.29 is 9.13 Å². The SMILES string of the molecule is Fc1ccccc1C1CNC2CCCCC2CO1. The number of halogens is 1. The summed E-state index contributed by atoms with van der Waals surface area (Å²) in [5.41, 5.74) is 0.684. The van der Waals surface area contributed by atoms with Gasteiger partial charge in [0.25, 0.3) is 0 Å². The average molecular weight is 249 g/mol. The van der Waals surface area contributed by atoms with Crippen LogP contribution in [-0.4, -0.2) is 19.2 Å². The smallest absolute Gasteiger partial charge is 0.129 e. The fourth-order valence-corrected chi connectivity index (χ4v) is 3.17. The minimum atomic E-state index is -0.158. The number of hydrogen-bond donors (Lipinski definition) is 1. The fourth-order valence-electron chi connectivity index (χ4n) is 3.17. The van der Waals surface area contributed by atoms with Gasteiger partial charge in [0.05, 0.1) is 12.7 Å². The third-order valence-corrected chi connectivity index (χ3v) is 4.24. The monoisotopic (exact) mass is 249 g/mol. The Balaban J connectivity index is 1.74. The van der Waals surface area contributed by atoms with Crippen LogP contribution in [0.3, 0.4) is 0 Å². The molecule has 0 bridgehead atoms. The zero-order chi connectivity index (χ0) is 12.4. The van der Waals surface area contributed by atoms with E-state index in [1.807, 2.05) is 12.1 Å². The molecule has 0 radical (unpaired) electrons. The van der Waals surface area contributed by atoms with E-state index < -0.39 is 0 Å². The van der Waals surface area contributed by atoms with Gasteiger partial charge in [0.2, 0.25) is 0 Å². The third-order valence-electron chi connectivity index (χ3n) is 4.24. The number of nitrogens with one attached hydrogen (secondary N) is 1. The second-order valence-corrected chi connectivity index (χ2v) is 5.40. The first kappa shape index (κ1) is 12.1.